The second-order valence-electron chi connectivity index (χ2n) is 9.95. The molecule has 0 aromatic heterocycles. The van der Waals surface area contributed by atoms with Gasteiger partial charge in [-0.25, -0.2) is 4.85 Å². The lowest BCUT2D eigenvalue weighted by molar-refractivity contribution is 0.0607. The summed E-state index contributed by atoms with van der Waals surface area (Å²) in [5.41, 5.74) is 2.09. The first-order chi connectivity index (χ1) is 18.5. The molecule has 0 spiro atoms. The topological polar surface area (TPSA) is 82.6 Å². The van der Waals surface area contributed by atoms with Crippen molar-refractivity contribution in [3.8, 4) is 17.2 Å². The molecule has 0 aliphatic carbocycles. The molecule has 6 nitrogen and oxygen atoms in total. The fourth-order valence-corrected chi connectivity index (χ4v) is 7.16. The zero-order chi connectivity index (χ0) is 26.8. The number of hydrogen-bond donors (Lipinski definition) is 0. The fourth-order valence-electron chi connectivity index (χ4n) is 5.68. The van der Waals surface area contributed by atoms with E-state index in [2.05, 4.69) is 17.8 Å². The predicted octanol–water partition coefficient (Wildman–Crippen LogP) is 7.54. The molecule has 0 N–H and O–H groups in total. The minimum Gasteiger partial charge on any atom is -0.274 e. The highest BCUT2D eigenvalue weighted by Gasteiger charge is 2.39. The van der Waals surface area contributed by atoms with Gasteiger partial charge < -0.3 is 0 Å². The Morgan fingerprint density at radius 3 is 2.18 bits per heavy atom. The number of carbonyl (C=O) groups excluding carboxylic acids is 2. The van der Waals surface area contributed by atoms with Crippen LogP contribution in [-0.4, -0.2) is 27.5 Å². The summed E-state index contributed by atoms with van der Waals surface area (Å²) in [6.07, 6.45) is 10.1. The summed E-state index contributed by atoms with van der Waals surface area (Å²) >= 11 is 0. The van der Waals surface area contributed by atoms with Crippen molar-refractivity contribution in [2.75, 3.05) is 6.54 Å². The molecule has 2 aliphatic heterocycles. The van der Waals surface area contributed by atoms with E-state index in [4.69, 9.17) is 6.57 Å². The van der Waals surface area contributed by atoms with E-state index < -0.39 is 22.6 Å². The number of nitriles is 1. The van der Waals surface area contributed by atoms with E-state index in [9.17, 15) is 19.1 Å². The SMILES string of the molecule is [C-]#[N+]c1cc2c3c(cc(C#N)c4c3c1S(=O)c1ccccc1-4)C(=O)N(CCCCCCCCCCC)C2=O. The van der Waals surface area contributed by atoms with Gasteiger partial charge in [-0.1, -0.05) is 76.5 Å². The molecule has 0 saturated heterocycles. The third-order valence-electron chi connectivity index (χ3n) is 7.56. The van der Waals surface area contributed by atoms with E-state index in [1.807, 2.05) is 0 Å². The van der Waals surface area contributed by atoms with E-state index in [1.165, 1.54) is 43.1 Å². The van der Waals surface area contributed by atoms with Crippen LogP contribution in [0, 0.1) is 17.9 Å². The number of rotatable bonds is 10. The van der Waals surface area contributed by atoms with Gasteiger partial charge in [0.05, 0.1) is 38.8 Å². The molecular weight excluding hydrogens is 494 g/mol. The lowest BCUT2D eigenvalue weighted by Gasteiger charge is -2.31. The molecule has 2 aliphatic rings. The molecule has 1 atom stereocenters. The van der Waals surface area contributed by atoms with E-state index in [1.54, 1.807) is 30.3 Å². The van der Waals surface area contributed by atoms with Gasteiger partial charge in [0, 0.05) is 34.2 Å². The number of imide groups is 1. The van der Waals surface area contributed by atoms with E-state index in [0.29, 0.717) is 39.8 Å². The van der Waals surface area contributed by atoms with Crippen molar-refractivity contribution < 1.29 is 13.8 Å². The van der Waals surface area contributed by atoms with Crippen molar-refractivity contribution in [2.24, 2.45) is 0 Å². The molecule has 0 radical (unpaired) electrons. The highest BCUT2D eigenvalue weighted by molar-refractivity contribution is 7.85. The third-order valence-corrected chi connectivity index (χ3v) is 9.10. The number of fused-ring (bicyclic) bond motifs is 2. The molecule has 3 aromatic rings. The molecule has 0 bridgehead atoms. The lowest BCUT2D eigenvalue weighted by atomic mass is 9.85. The van der Waals surface area contributed by atoms with Crippen LogP contribution >= 0.6 is 0 Å². The highest BCUT2D eigenvalue weighted by atomic mass is 32.2. The summed E-state index contributed by atoms with van der Waals surface area (Å²) in [6, 6.07) is 12.3. The minimum atomic E-state index is -1.68. The largest absolute Gasteiger partial charge is 0.274 e. The van der Waals surface area contributed by atoms with Crippen LogP contribution in [0.4, 0.5) is 5.69 Å². The van der Waals surface area contributed by atoms with Crippen LogP contribution < -0.4 is 0 Å². The van der Waals surface area contributed by atoms with Crippen molar-refractivity contribution in [1.82, 2.24) is 4.90 Å². The molecule has 0 saturated carbocycles. The normalized spacial score (nSPS) is 15.3. The lowest BCUT2D eigenvalue weighted by Crippen LogP contribution is -2.41. The molecule has 2 amide bonds. The first kappa shape index (κ1) is 25.8. The number of carbonyl (C=O) groups is 2. The van der Waals surface area contributed by atoms with Gasteiger partial charge >= 0.3 is 0 Å². The molecule has 3 aromatic carbocycles. The first-order valence-electron chi connectivity index (χ1n) is 13.4. The van der Waals surface area contributed by atoms with Crippen LogP contribution in [0.25, 0.3) is 26.7 Å². The maximum absolute atomic E-state index is 13.6. The van der Waals surface area contributed by atoms with Crippen molar-refractivity contribution in [3.63, 3.8) is 0 Å². The fraction of sp³-hybridized carbons (Fsp3) is 0.355. The maximum Gasteiger partial charge on any atom is 0.261 e. The van der Waals surface area contributed by atoms with Crippen LogP contribution in [0.3, 0.4) is 0 Å². The molecule has 0 fully saturated rings. The van der Waals surface area contributed by atoms with Gasteiger partial charge in [0.15, 0.2) is 0 Å². The summed E-state index contributed by atoms with van der Waals surface area (Å²) in [5, 5.41) is 10.9. The van der Waals surface area contributed by atoms with Crippen molar-refractivity contribution >= 4 is 39.1 Å². The van der Waals surface area contributed by atoms with Crippen molar-refractivity contribution in [1.29, 1.82) is 5.26 Å². The van der Waals surface area contributed by atoms with Crippen LogP contribution in [0.2, 0.25) is 0 Å². The third kappa shape index (κ3) is 4.22. The smallest absolute Gasteiger partial charge is 0.261 e. The maximum atomic E-state index is 13.6. The number of unbranched alkanes of at least 4 members (excludes halogenated alkanes) is 8. The molecule has 1 unspecified atom stereocenters. The summed E-state index contributed by atoms with van der Waals surface area (Å²) in [7, 11) is -1.68. The van der Waals surface area contributed by atoms with Gasteiger partial charge in [0.1, 0.15) is 0 Å². The quantitative estimate of drug-likeness (QED) is 0.122. The Hall–Kier alpha value is -3.81. The molecule has 38 heavy (non-hydrogen) atoms. The van der Waals surface area contributed by atoms with Gasteiger partial charge in [-0.15, -0.1) is 0 Å². The average Bonchev–Trinajstić information content (AvgIpc) is 2.94. The van der Waals surface area contributed by atoms with Gasteiger partial charge in [-0.3, -0.25) is 18.7 Å². The minimum absolute atomic E-state index is 0.119. The Labute approximate surface area is 225 Å². The molecule has 2 heterocycles. The van der Waals surface area contributed by atoms with Crippen molar-refractivity contribution in [3.05, 3.63) is 64.5 Å². The summed E-state index contributed by atoms with van der Waals surface area (Å²) in [5.74, 6) is -0.866. The highest BCUT2D eigenvalue weighted by Crippen LogP contribution is 2.50. The molecule has 192 valence electrons. The van der Waals surface area contributed by atoms with Gasteiger partial charge in [0.2, 0.25) is 5.69 Å². The first-order valence-corrected chi connectivity index (χ1v) is 14.5. The standard InChI is InChI=1S/C31H29N3O3S/c1-3-4-5-6-7-8-9-10-13-16-34-30(35)22-17-20(19-32)26-21-14-11-12-15-25(21)38(37)29-24(33-2)18-23(31(34)36)27(22)28(26)29/h11-12,14-15,17-18H,3-10,13,16H2,1H3. The van der Waals surface area contributed by atoms with Crippen LogP contribution in [0.15, 0.2) is 46.2 Å². The van der Waals surface area contributed by atoms with E-state index in [0.717, 1.165) is 19.3 Å². The number of hydrogen-bond acceptors (Lipinski definition) is 4. The van der Waals surface area contributed by atoms with Crippen LogP contribution in [-0.2, 0) is 10.8 Å². The Bertz CT molecular complexity index is 1560. The number of amides is 2. The van der Waals surface area contributed by atoms with Gasteiger partial charge in [0.25, 0.3) is 11.8 Å². The summed E-state index contributed by atoms with van der Waals surface area (Å²) in [4.78, 5) is 32.9. The Kier molecular flexibility index (Phi) is 7.40. The van der Waals surface area contributed by atoms with Gasteiger partial charge in [-0.05, 0) is 30.0 Å². The van der Waals surface area contributed by atoms with Crippen LogP contribution in [0.1, 0.15) is 91.0 Å². The number of nitrogens with zero attached hydrogens (tertiary/aromatic N) is 3. The average molecular weight is 524 g/mol. The van der Waals surface area contributed by atoms with E-state index >= 15 is 0 Å². The zero-order valence-corrected chi connectivity index (χ0v) is 22.3. The van der Waals surface area contributed by atoms with E-state index in [-0.39, 0.29) is 27.3 Å². The molecule has 5 rings (SSSR count). The molecule has 7 heteroatoms. The Morgan fingerprint density at radius 2 is 1.53 bits per heavy atom. The molecular formula is C31H29N3O3S. The monoisotopic (exact) mass is 523 g/mol. The summed E-state index contributed by atoms with van der Waals surface area (Å²) < 4.78 is 13.6. The summed E-state index contributed by atoms with van der Waals surface area (Å²) in [6.45, 7) is 10.3. The second-order valence-corrected chi connectivity index (χ2v) is 11.3. The Balaban J connectivity index is 1.50. The zero-order valence-electron chi connectivity index (χ0n) is 21.5. The Morgan fingerprint density at radius 1 is 0.895 bits per heavy atom. The number of benzene rings is 3. The van der Waals surface area contributed by atoms with Gasteiger partial charge in [-0.2, -0.15) is 5.26 Å². The predicted molar refractivity (Wildman–Crippen MR) is 148 cm³/mol. The van der Waals surface area contributed by atoms with Crippen molar-refractivity contribution in [2.45, 2.75) is 74.5 Å². The van der Waals surface area contributed by atoms with Crippen LogP contribution in [0.5, 0.6) is 0 Å². The second kappa shape index (κ2) is 10.9.